The standard InChI is InChI=1S/C13H20N2O3S/c1-15(19(2,16)17)12-9-10(6-7-11(12)14)13-5-3-4-8-18-13/h6-7,9,13H,3-5,8,14H2,1-2H3. The van der Waals surface area contributed by atoms with Gasteiger partial charge in [-0.05, 0) is 37.0 Å². The molecule has 0 amide bonds. The largest absolute Gasteiger partial charge is 0.397 e. The molecule has 1 aliphatic heterocycles. The lowest BCUT2D eigenvalue weighted by atomic mass is 10.0. The molecule has 1 aromatic carbocycles. The Kier molecular flexibility index (Phi) is 4.01. The smallest absolute Gasteiger partial charge is 0.232 e. The van der Waals surface area contributed by atoms with Crippen LogP contribution in [0.25, 0.3) is 0 Å². The van der Waals surface area contributed by atoms with Crippen molar-refractivity contribution < 1.29 is 13.2 Å². The van der Waals surface area contributed by atoms with Gasteiger partial charge in [-0.25, -0.2) is 8.42 Å². The number of nitrogens with zero attached hydrogens (tertiary/aromatic N) is 1. The molecule has 0 aliphatic carbocycles. The zero-order valence-electron chi connectivity index (χ0n) is 11.3. The van der Waals surface area contributed by atoms with Gasteiger partial charge in [-0.2, -0.15) is 0 Å². The number of ether oxygens (including phenoxy) is 1. The second kappa shape index (κ2) is 5.38. The quantitative estimate of drug-likeness (QED) is 0.860. The Balaban J connectivity index is 2.34. The first kappa shape index (κ1) is 14.1. The summed E-state index contributed by atoms with van der Waals surface area (Å²) < 4.78 is 30.1. The van der Waals surface area contributed by atoms with Crippen molar-refractivity contribution in [1.82, 2.24) is 0 Å². The van der Waals surface area contributed by atoms with Gasteiger partial charge in [0.2, 0.25) is 10.0 Å². The van der Waals surface area contributed by atoms with E-state index in [0.717, 1.165) is 37.7 Å². The molecule has 1 saturated heterocycles. The van der Waals surface area contributed by atoms with Crippen LogP contribution in [0, 0.1) is 0 Å². The van der Waals surface area contributed by atoms with Crippen molar-refractivity contribution in [2.24, 2.45) is 0 Å². The summed E-state index contributed by atoms with van der Waals surface area (Å²) in [6.45, 7) is 0.756. The van der Waals surface area contributed by atoms with Crippen molar-refractivity contribution in [3.05, 3.63) is 23.8 Å². The molecule has 0 bridgehead atoms. The first-order chi connectivity index (χ1) is 8.89. The Morgan fingerprint density at radius 2 is 2.11 bits per heavy atom. The van der Waals surface area contributed by atoms with Crippen molar-refractivity contribution in [2.75, 3.05) is 29.9 Å². The van der Waals surface area contributed by atoms with Gasteiger partial charge in [-0.15, -0.1) is 0 Å². The van der Waals surface area contributed by atoms with Gasteiger partial charge < -0.3 is 10.5 Å². The monoisotopic (exact) mass is 284 g/mol. The Morgan fingerprint density at radius 1 is 1.37 bits per heavy atom. The van der Waals surface area contributed by atoms with Crippen LogP contribution in [-0.4, -0.2) is 28.3 Å². The van der Waals surface area contributed by atoms with E-state index in [0.29, 0.717) is 11.4 Å². The van der Waals surface area contributed by atoms with Gasteiger partial charge >= 0.3 is 0 Å². The highest BCUT2D eigenvalue weighted by Crippen LogP contribution is 2.33. The highest BCUT2D eigenvalue weighted by molar-refractivity contribution is 7.92. The SMILES string of the molecule is CN(c1cc(C2CCCCO2)ccc1N)S(C)(=O)=O. The maximum atomic E-state index is 11.6. The second-order valence-corrected chi connectivity index (χ2v) is 6.92. The van der Waals surface area contributed by atoms with Gasteiger partial charge in [0.15, 0.2) is 0 Å². The Bertz CT molecular complexity index is 551. The first-order valence-corrected chi connectivity index (χ1v) is 8.19. The molecule has 1 aromatic rings. The van der Waals surface area contributed by atoms with E-state index in [1.54, 1.807) is 6.07 Å². The fourth-order valence-corrected chi connectivity index (χ4v) is 2.73. The highest BCUT2D eigenvalue weighted by Gasteiger charge is 2.20. The lowest BCUT2D eigenvalue weighted by molar-refractivity contribution is 0.0150. The first-order valence-electron chi connectivity index (χ1n) is 6.34. The minimum absolute atomic E-state index is 0.0426. The van der Waals surface area contributed by atoms with Crippen molar-refractivity contribution >= 4 is 21.4 Å². The van der Waals surface area contributed by atoms with Crippen LogP contribution < -0.4 is 10.0 Å². The van der Waals surface area contributed by atoms with Crippen LogP contribution >= 0.6 is 0 Å². The summed E-state index contributed by atoms with van der Waals surface area (Å²) in [6.07, 6.45) is 4.39. The van der Waals surface area contributed by atoms with Gasteiger partial charge in [0.1, 0.15) is 0 Å². The Labute approximate surface area is 114 Å². The summed E-state index contributed by atoms with van der Waals surface area (Å²) in [4.78, 5) is 0. The maximum absolute atomic E-state index is 11.6. The van der Waals surface area contributed by atoms with E-state index in [9.17, 15) is 8.42 Å². The zero-order valence-corrected chi connectivity index (χ0v) is 12.1. The molecule has 0 radical (unpaired) electrons. The summed E-state index contributed by atoms with van der Waals surface area (Å²) in [6, 6.07) is 5.46. The van der Waals surface area contributed by atoms with Crippen molar-refractivity contribution in [3.63, 3.8) is 0 Å². The molecular weight excluding hydrogens is 264 g/mol. The van der Waals surface area contributed by atoms with Crippen LogP contribution in [0.3, 0.4) is 0 Å². The van der Waals surface area contributed by atoms with Gasteiger partial charge in [-0.1, -0.05) is 6.07 Å². The summed E-state index contributed by atoms with van der Waals surface area (Å²) in [7, 11) is -1.81. The van der Waals surface area contributed by atoms with Gasteiger partial charge in [0.25, 0.3) is 0 Å². The van der Waals surface area contributed by atoms with E-state index in [1.165, 1.54) is 11.4 Å². The molecule has 0 spiro atoms. The molecule has 19 heavy (non-hydrogen) atoms. The third-order valence-electron chi connectivity index (χ3n) is 3.44. The summed E-state index contributed by atoms with van der Waals surface area (Å²) in [5.41, 5.74) is 7.82. The average Bonchev–Trinajstić information content (AvgIpc) is 2.38. The van der Waals surface area contributed by atoms with E-state index in [-0.39, 0.29) is 6.10 Å². The fraction of sp³-hybridized carbons (Fsp3) is 0.538. The van der Waals surface area contributed by atoms with E-state index in [1.807, 2.05) is 12.1 Å². The van der Waals surface area contributed by atoms with Gasteiger partial charge in [-0.3, -0.25) is 4.31 Å². The third kappa shape index (κ3) is 3.19. The summed E-state index contributed by atoms with van der Waals surface area (Å²) >= 11 is 0. The van der Waals surface area contributed by atoms with Crippen molar-refractivity contribution in [1.29, 1.82) is 0 Å². The number of hydrogen-bond acceptors (Lipinski definition) is 4. The minimum atomic E-state index is -3.31. The number of benzene rings is 1. The van der Waals surface area contributed by atoms with Crippen molar-refractivity contribution in [3.8, 4) is 0 Å². The molecule has 1 unspecified atom stereocenters. The Morgan fingerprint density at radius 3 is 2.68 bits per heavy atom. The van der Waals surface area contributed by atoms with Crippen molar-refractivity contribution in [2.45, 2.75) is 25.4 Å². The fourth-order valence-electron chi connectivity index (χ4n) is 2.22. The topological polar surface area (TPSA) is 72.6 Å². The van der Waals surface area contributed by atoms with Crippen LogP contribution in [0.4, 0.5) is 11.4 Å². The molecule has 1 heterocycles. The average molecular weight is 284 g/mol. The molecular formula is C13H20N2O3S. The van der Waals surface area contributed by atoms with Crippen LogP contribution in [0.2, 0.25) is 0 Å². The number of rotatable bonds is 3. The molecule has 106 valence electrons. The number of sulfonamides is 1. The normalized spacial score (nSPS) is 20.2. The number of nitrogen functional groups attached to an aromatic ring is 1. The number of nitrogens with two attached hydrogens (primary N) is 1. The highest BCUT2D eigenvalue weighted by atomic mass is 32.2. The lowest BCUT2D eigenvalue weighted by Gasteiger charge is -2.25. The van der Waals surface area contributed by atoms with Crippen LogP contribution in [0.15, 0.2) is 18.2 Å². The molecule has 0 saturated carbocycles. The molecule has 1 atom stereocenters. The molecule has 1 aliphatic rings. The number of anilines is 2. The summed E-state index contributed by atoms with van der Waals surface area (Å²) in [5.74, 6) is 0. The van der Waals surface area contributed by atoms with E-state index in [2.05, 4.69) is 0 Å². The van der Waals surface area contributed by atoms with E-state index < -0.39 is 10.0 Å². The number of hydrogen-bond donors (Lipinski definition) is 1. The minimum Gasteiger partial charge on any atom is -0.397 e. The molecule has 1 fully saturated rings. The maximum Gasteiger partial charge on any atom is 0.232 e. The zero-order chi connectivity index (χ0) is 14.0. The van der Waals surface area contributed by atoms with E-state index >= 15 is 0 Å². The predicted molar refractivity (Wildman–Crippen MR) is 76.6 cm³/mol. The summed E-state index contributed by atoms with van der Waals surface area (Å²) in [5, 5.41) is 0. The van der Waals surface area contributed by atoms with E-state index in [4.69, 9.17) is 10.5 Å². The second-order valence-electron chi connectivity index (χ2n) is 4.90. The predicted octanol–water partition coefficient (Wildman–Crippen LogP) is 1.91. The van der Waals surface area contributed by atoms with Gasteiger partial charge in [0, 0.05) is 13.7 Å². The van der Waals surface area contributed by atoms with Crippen LogP contribution in [0.5, 0.6) is 0 Å². The molecule has 6 heteroatoms. The molecule has 2 rings (SSSR count). The molecule has 2 N–H and O–H groups in total. The third-order valence-corrected chi connectivity index (χ3v) is 4.63. The molecule has 5 nitrogen and oxygen atoms in total. The van der Waals surface area contributed by atoms with Crippen LogP contribution in [-0.2, 0) is 14.8 Å². The lowest BCUT2D eigenvalue weighted by Crippen LogP contribution is -2.26. The molecule has 0 aromatic heterocycles. The van der Waals surface area contributed by atoms with Crippen LogP contribution in [0.1, 0.15) is 30.9 Å². The van der Waals surface area contributed by atoms with Gasteiger partial charge in [0.05, 0.1) is 23.7 Å². The Hall–Kier alpha value is -1.27.